The van der Waals surface area contributed by atoms with Crippen LogP contribution in [0.4, 0.5) is 0 Å². The van der Waals surface area contributed by atoms with Gasteiger partial charge in [0.05, 0.1) is 0 Å². The van der Waals surface area contributed by atoms with Crippen molar-refractivity contribution in [3.8, 4) is 0 Å². The topological polar surface area (TPSA) is 80.6 Å². The first-order valence-electron chi connectivity index (χ1n) is 0.765. The molecule has 0 aromatic carbocycles. The largest absolute Gasteiger partial charge is 1.00 e. The van der Waals surface area contributed by atoms with E-state index in [4.69, 9.17) is 19.2 Å². The van der Waals surface area contributed by atoms with Crippen molar-refractivity contribution >= 4 is 21.3 Å². The molecule has 2 N–H and O–H groups in total. The standard InChI is InChI=1S/K.H3O4P.H2S/c;1-5(2,3)4;/h;(H3,1,2,3,4);1H2/q+1;;/p-1. The summed E-state index contributed by atoms with van der Waals surface area (Å²) < 4.78 is 8.77. The maximum Gasteiger partial charge on any atom is 1.00 e. The van der Waals surface area contributed by atoms with Crippen molar-refractivity contribution in [1.29, 1.82) is 0 Å². The van der Waals surface area contributed by atoms with E-state index in [1.54, 1.807) is 0 Å². The minimum absolute atomic E-state index is 0. The van der Waals surface area contributed by atoms with Crippen LogP contribution in [0.3, 0.4) is 0 Å². The van der Waals surface area contributed by atoms with E-state index < -0.39 is 7.82 Å². The molecule has 0 atom stereocenters. The molecule has 0 unspecified atom stereocenters. The Labute approximate surface area is 90.4 Å². The van der Waals surface area contributed by atoms with E-state index in [0.717, 1.165) is 0 Å². The predicted molar refractivity (Wildman–Crippen MR) is 22.4 cm³/mol. The average molecular weight is 170 g/mol. The molecule has 0 rings (SSSR count). The van der Waals surface area contributed by atoms with Crippen LogP contribution >= 0.6 is 21.3 Å². The summed E-state index contributed by atoms with van der Waals surface area (Å²) >= 11 is 0. The summed E-state index contributed by atoms with van der Waals surface area (Å²) in [4.78, 5) is 22.9. The van der Waals surface area contributed by atoms with Crippen molar-refractivity contribution in [1.82, 2.24) is 0 Å². The second-order valence-corrected chi connectivity index (χ2v) is 1.47. The van der Waals surface area contributed by atoms with E-state index in [1.807, 2.05) is 0 Å². The van der Waals surface area contributed by atoms with Crippen molar-refractivity contribution < 1.29 is 70.6 Å². The van der Waals surface area contributed by atoms with Crippen molar-refractivity contribution in [2.75, 3.05) is 0 Å². The molecule has 0 saturated heterocycles. The van der Waals surface area contributed by atoms with Gasteiger partial charge in [0.25, 0.3) is 7.82 Å². The molecule has 7 heteroatoms. The van der Waals surface area contributed by atoms with Crippen LogP contribution in [0.25, 0.3) is 0 Å². The summed E-state index contributed by atoms with van der Waals surface area (Å²) in [5, 5.41) is 0. The zero-order chi connectivity index (χ0) is 4.50. The molecule has 0 radical (unpaired) electrons. The Bertz CT molecular complexity index is 57.8. The second kappa shape index (κ2) is 6.22. The fourth-order valence-electron chi connectivity index (χ4n) is 0. The van der Waals surface area contributed by atoms with Gasteiger partial charge in [0.15, 0.2) is 0 Å². The molecule has 0 amide bonds. The monoisotopic (exact) mass is 170 g/mol. The molecule has 0 aromatic heterocycles. The van der Waals surface area contributed by atoms with Crippen LogP contribution in [0, 0.1) is 0 Å². The summed E-state index contributed by atoms with van der Waals surface area (Å²) in [6.45, 7) is 0. The minimum atomic E-state index is -4.89. The van der Waals surface area contributed by atoms with Gasteiger partial charge in [-0.25, -0.2) is 0 Å². The average Bonchev–Trinajstić information content (AvgIpc) is 0.722. The Morgan fingerprint density at radius 3 is 1.43 bits per heavy atom. The van der Waals surface area contributed by atoms with Crippen molar-refractivity contribution in [2.45, 2.75) is 0 Å². The number of phosphoric acid groups is 1. The Morgan fingerprint density at radius 1 is 1.43 bits per heavy atom. The molecular formula is H4KO4PS. The molecule has 0 aliphatic carbocycles. The van der Waals surface area contributed by atoms with Gasteiger partial charge in [-0.3, -0.25) is 4.57 Å². The van der Waals surface area contributed by atoms with Gasteiger partial charge in [0.2, 0.25) is 0 Å². The molecule has 40 valence electrons. The summed E-state index contributed by atoms with van der Waals surface area (Å²) in [6, 6.07) is 0. The van der Waals surface area contributed by atoms with E-state index >= 15 is 0 Å². The normalized spacial score (nSPS) is 8.43. The van der Waals surface area contributed by atoms with Crippen molar-refractivity contribution in [3.05, 3.63) is 0 Å². The fourth-order valence-corrected chi connectivity index (χ4v) is 0. The van der Waals surface area contributed by atoms with Crippen molar-refractivity contribution in [3.63, 3.8) is 0 Å². The summed E-state index contributed by atoms with van der Waals surface area (Å²) in [6.07, 6.45) is 0. The van der Waals surface area contributed by atoms with Gasteiger partial charge in [-0.15, -0.1) is 0 Å². The zero-order valence-electron chi connectivity index (χ0n) is 3.66. The molecule has 7 heavy (non-hydrogen) atoms. The fraction of sp³-hybridized carbons (Fsp3) is 0. The first-order valence-corrected chi connectivity index (χ1v) is 2.30. The molecule has 0 heterocycles. The van der Waals surface area contributed by atoms with Gasteiger partial charge in [-0.1, -0.05) is 0 Å². The van der Waals surface area contributed by atoms with E-state index in [-0.39, 0.29) is 64.9 Å². The molecule has 0 aliphatic heterocycles. The van der Waals surface area contributed by atoms with Crippen LogP contribution in [-0.2, 0) is 4.57 Å². The van der Waals surface area contributed by atoms with Crippen LogP contribution in [0.1, 0.15) is 0 Å². The van der Waals surface area contributed by atoms with Crippen molar-refractivity contribution in [2.24, 2.45) is 0 Å². The molecular weight excluding hydrogens is 166 g/mol. The van der Waals surface area contributed by atoms with Gasteiger partial charge in [-0.05, 0) is 0 Å². The van der Waals surface area contributed by atoms with Gasteiger partial charge < -0.3 is 14.7 Å². The van der Waals surface area contributed by atoms with Gasteiger partial charge in [0.1, 0.15) is 0 Å². The Kier molecular flexibility index (Phi) is 14.3. The summed E-state index contributed by atoms with van der Waals surface area (Å²) in [5.41, 5.74) is 0. The first-order chi connectivity index (χ1) is 2.00. The molecule has 0 aliphatic rings. The molecule has 0 fully saturated rings. The quantitative estimate of drug-likeness (QED) is 0.284. The SMILES string of the molecule is O=P([O-])(O)O.S.[K+]. The maximum atomic E-state index is 8.77. The molecule has 0 aromatic rings. The van der Waals surface area contributed by atoms with E-state index in [1.165, 1.54) is 0 Å². The third-order valence-corrected chi connectivity index (χ3v) is 0. The van der Waals surface area contributed by atoms with Crippen LogP contribution < -0.4 is 56.3 Å². The van der Waals surface area contributed by atoms with Crippen LogP contribution in [-0.4, -0.2) is 9.79 Å². The third kappa shape index (κ3) is 68.5. The smallest absolute Gasteiger partial charge is 0.756 e. The first kappa shape index (κ1) is 16.0. The van der Waals surface area contributed by atoms with Gasteiger partial charge in [0, 0.05) is 0 Å². The summed E-state index contributed by atoms with van der Waals surface area (Å²) in [5.74, 6) is 0. The number of hydrogen-bond donors (Lipinski definition) is 2. The predicted octanol–water partition coefficient (Wildman–Crippen LogP) is -4.44. The van der Waals surface area contributed by atoms with Crippen LogP contribution in [0.5, 0.6) is 0 Å². The zero-order valence-corrected chi connectivity index (χ0v) is 8.68. The van der Waals surface area contributed by atoms with Crippen LogP contribution in [0.15, 0.2) is 0 Å². The number of rotatable bonds is 0. The molecule has 0 saturated carbocycles. The molecule has 4 nitrogen and oxygen atoms in total. The van der Waals surface area contributed by atoms with Crippen LogP contribution in [0.2, 0.25) is 0 Å². The Hall–Kier alpha value is 2.10. The molecule has 0 spiro atoms. The number of hydrogen-bond acceptors (Lipinski definition) is 2. The summed E-state index contributed by atoms with van der Waals surface area (Å²) in [7, 11) is -4.89. The third-order valence-electron chi connectivity index (χ3n) is 0. The van der Waals surface area contributed by atoms with E-state index in [0.29, 0.717) is 0 Å². The molecule has 0 bridgehead atoms. The van der Waals surface area contributed by atoms with Gasteiger partial charge >= 0.3 is 51.4 Å². The van der Waals surface area contributed by atoms with E-state index in [9.17, 15) is 0 Å². The maximum absolute atomic E-state index is 8.77. The second-order valence-electron chi connectivity index (χ2n) is 0.491. The Balaban J connectivity index is -0.0000000800. The van der Waals surface area contributed by atoms with E-state index in [2.05, 4.69) is 0 Å². The minimum Gasteiger partial charge on any atom is -0.756 e. The Morgan fingerprint density at radius 2 is 1.43 bits per heavy atom. The van der Waals surface area contributed by atoms with Gasteiger partial charge in [-0.2, -0.15) is 13.5 Å².